The molecule has 0 fully saturated rings. The van der Waals surface area contributed by atoms with E-state index in [1.54, 1.807) is 6.92 Å². The van der Waals surface area contributed by atoms with Crippen molar-refractivity contribution in [2.75, 3.05) is 13.1 Å². The molecular weight excluding hydrogens is 170 g/mol. The van der Waals surface area contributed by atoms with E-state index in [1.165, 1.54) is 0 Å². The van der Waals surface area contributed by atoms with Gasteiger partial charge in [0.1, 0.15) is 0 Å². The Balaban J connectivity index is 3.26. The fourth-order valence-corrected chi connectivity index (χ4v) is 0.689. The Kier molecular flexibility index (Phi) is 6.31. The zero-order chi connectivity index (χ0) is 10.1. The first-order chi connectivity index (χ1) is 6.16. The van der Waals surface area contributed by atoms with E-state index in [1.807, 2.05) is 0 Å². The summed E-state index contributed by atoms with van der Waals surface area (Å²) in [6.45, 7) is 6.32. The van der Waals surface area contributed by atoms with Gasteiger partial charge in [-0.15, -0.1) is 0 Å². The molecule has 74 valence electrons. The molecule has 0 aliphatic carbocycles. The topological polar surface area (TPSA) is 70.2 Å². The molecule has 3 N–H and O–H groups in total. The van der Waals surface area contributed by atoms with Gasteiger partial charge < -0.3 is 16.0 Å². The van der Waals surface area contributed by atoms with Crippen molar-refractivity contribution in [3.8, 4) is 0 Å². The van der Waals surface area contributed by atoms with Gasteiger partial charge in [-0.05, 0) is 13.3 Å². The molecule has 0 aliphatic rings. The fourth-order valence-electron chi connectivity index (χ4n) is 0.689. The van der Waals surface area contributed by atoms with Crippen molar-refractivity contribution in [2.45, 2.75) is 13.3 Å². The highest BCUT2D eigenvalue weighted by molar-refractivity contribution is 5.75. The predicted octanol–water partition coefficient (Wildman–Crippen LogP) is -0.0447. The minimum atomic E-state index is -0.265. The summed E-state index contributed by atoms with van der Waals surface area (Å²) in [7, 11) is 0. The molecule has 0 heterocycles. The van der Waals surface area contributed by atoms with Gasteiger partial charge >= 0.3 is 6.03 Å². The maximum absolute atomic E-state index is 10.9. The molecule has 0 radical (unpaired) electrons. The molecule has 5 nitrogen and oxygen atoms in total. The van der Waals surface area contributed by atoms with Crippen LogP contribution in [0, 0.1) is 0 Å². The number of nitrogens with one attached hydrogen (secondary N) is 3. The largest absolute Gasteiger partial charge is 0.359 e. The molecule has 0 atom stereocenters. The minimum Gasteiger partial charge on any atom is -0.359 e. The number of carbonyl (C=O) groups excluding carboxylic acids is 2. The number of carbonyl (C=O) groups is 2. The summed E-state index contributed by atoms with van der Waals surface area (Å²) in [4.78, 5) is 20.7. The quantitative estimate of drug-likeness (QED) is 0.401. The molecule has 0 bridgehead atoms. The van der Waals surface area contributed by atoms with E-state index in [0.717, 1.165) is 0 Å². The third-order valence-electron chi connectivity index (χ3n) is 1.19. The summed E-state index contributed by atoms with van der Waals surface area (Å²) < 4.78 is 0. The number of hydrogen-bond donors (Lipinski definition) is 3. The molecule has 0 saturated heterocycles. The summed E-state index contributed by atoms with van der Waals surface area (Å²) >= 11 is 0. The van der Waals surface area contributed by atoms with Gasteiger partial charge in [0.2, 0.25) is 6.41 Å². The van der Waals surface area contributed by atoms with Crippen molar-refractivity contribution in [1.82, 2.24) is 16.0 Å². The second-order valence-electron chi connectivity index (χ2n) is 2.59. The number of hydrogen-bond acceptors (Lipinski definition) is 2. The standard InChI is InChI=1S/C8H15N3O2/c1-7(2)11-8(13)10-5-3-4-9-6-12/h6H,1,3-5H2,2H3,(H,9,12)(H2,10,11,13). The number of urea groups is 1. The van der Waals surface area contributed by atoms with Crippen molar-refractivity contribution in [2.24, 2.45) is 0 Å². The monoisotopic (exact) mass is 185 g/mol. The Morgan fingerprint density at radius 1 is 1.46 bits per heavy atom. The number of rotatable bonds is 6. The van der Waals surface area contributed by atoms with Crippen molar-refractivity contribution < 1.29 is 9.59 Å². The second-order valence-corrected chi connectivity index (χ2v) is 2.59. The molecule has 0 aliphatic heterocycles. The van der Waals surface area contributed by atoms with E-state index in [4.69, 9.17) is 0 Å². The smallest absolute Gasteiger partial charge is 0.318 e. The van der Waals surface area contributed by atoms with Crippen LogP contribution in [0.25, 0.3) is 0 Å². The van der Waals surface area contributed by atoms with Crippen LogP contribution in [0.15, 0.2) is 12.3 Å². The van der Waals surface area contributed by atoms with Gasteiger partial charge in [-0.2, -0.15) is 0 Å². The second kappa shape index (κ2) is 7.15. The first-order valence-corrected chi connectivity index (χ1v) is 4.04. The maximum atomic E-state index is 10.9. The van der Waals surface area contributed by atoms with Crippen molar-refractivity contribution >= 4 is 12.4 Å². The fraction of sp³-hybridized carbons (Fsp3) is 0.500. The Morgan fingerprint density at radius 2 is 2.15 bits per heavy atom. The highest BCUT2D eigenvalue weighted by Crippen LogP contribution is 1.78. The zero-order valence-corrected chi connectivity index (χ0v) is 7.72. The molecule has 3 amide bonds. The van der Waals surface area contributed by atoms with Gasteiger partial charge in [0.05, 0.1) is 0 Å². The first-order valence-electron chi connectivity index (χ1n) is 4.04. The van der Waals surface area contributed by atoms with Crippen LogP contribution in [0.3, 0.4) is 0 Å². The Hall–Kier alpha value is -1.52. The van der Waals surface area contributed by atoms with Crippen LogP contribution in [0.4, 0.5) is 4.79 Å². The van der Waals surface area contributed by atoms with Crippen LogP contribution in [0.1, 0.15) is 13.3 Å². The lowest BCUT2D eigenvalue weighted by molar-refractivity contribution is -0.109. The van der Waals surface area contributed by atoms with Crippen LogP contribution >= 0.6 is 0 Å². The minimum absolute atomic E-state index is 0.265. The first kappa shape index (κ1) is 11.5. The summed E-state index contributed by atoms with van der Waals surface area (Å²) in [5, 5.41) is 7.60. The lowest BCUT2D eigenvalue weighted by Gasteiger charge is -2.05. The van der Waals surface area contributed by atoms with Gasteiger partial charge in [-0.3, -0.25) is 4.79 Å². The normalized spacial score (nSPS) is 8.69. The van der Waals surface area contributed by atoms with Crippen molar-refractivity contribution in [1.29, 1.82) is 0 Å². The molecule has 0 unspecified atom stereocenters. The SMILES string of the molecule is C=C(C)NC(=O)NCCCNC=O. The van der Waals surface area contributed by atoms with Gasteiger partial charge in [-0.25, -0.2) is 4.79 Å². The van der Waals surface area contributed by atoms with Crippen molar-refractivity contribution in [3.05, 3.63) is 12.3 Å². The van der Waals surface area contributed by atoms with Gasteiger partial charge in [0.25, 0.3) is 0 Å². The van der Waals surface area contributed by atoms with E-state index in [2.05, 4.69) is 22.5 Å². The molecule has 5 heteroatoms. The highest BCUT2D eigenvalue weighted by atomic mass is 16.2. The van der Waals surface area contributed by atoms with Crippen LogP contribution in [0.2, 0.25) is 0 Å². The van der Waals surface area contributed by atoms with Crippen LogP contribution < -0.4 is 16.0 Å². The summed E-state index contributed by atoms with van der Waals surface area (Å²) in [5.41, 5.74) is 0.600. The van der Waals surface area contributed by atoms with E-state index >= 15 is 0 Å². The Labute approximate surface area is 77.6 Å². The highest BCUT2D eigenvalue weighted by Gasteiger charge is 1.96. The van der Waals surface area contributed by atoms with E-state index in [0.29, 0.717) is 31.6 Å². The molecule has 0 spiro atoms. The summed E-state index contributed by atoms with van der Waals surface area (Å²) in [5.74, 6) is 0. The van der Waals surface area contributed by atoms with E-state index in [-0.39, 0.29) is 6.03 Å². The summed E-state index contributed by atoms with van der Waals surface area (Å²) in [6, 6.07) is -0.265. The van der Waals surface area contributed by atoms with Gasteiger partial charge in [0, 0.05) is 18.8 Å². The predicted molar refractivity (Wildman–Crippen MR) is 50.0 cm³/mol. The van der Waals surface area contributed by atoms with Crippen molar-refractivity contribution in [3.63, 3.8) is 0 Å². The average Bonchev–Trinajstić information content (AvgIpc) is 2.02. The molecule has 0 aromatic heterocycles. The van der Waals surface area contributed by atoms with Crippen LogP contribution in [-0.4, -0.2) is 25.5 Å². The third-order valence-corrected chi connectivity index (χ3v) is 1.19. The third kappa shape index (κ3) is 8.39. The molecular formula is C8H15N3O2. The average molecular weight is 185 g/mol. The van der Waals surface area contributed by atoms with E-state index < -0.39 is 0 Å². The van der Waals surface area contributed by atoms with Crippen LogP contribution in [0.5, 0.6) is 0 Å². The molecule has 13 heavy (non-hydrogen) atoms. The number of allylic oxidation sites excluding steroid dienone is 1. The molecule has 0 rings (SSSR count). The van der Waals surface area contributed by atoms with Gasteiger partial charge in [-0.1, -0.05) is 6.58 Å². The Bertz CT molecular complexity index is 192. The summed E-state index contributed by atoms with van der Waals surface area (Å²) in [6.07, 6.45) is 1.34. The zero-order valence-electron chi connectivity index (χ0n) is 7.72. The molecule has 0 aromatic carbocycles. The van der Waals surface area contributed by atoms with Gasteiger partial charge in [0.15, 0.2) is 0 Å². The maximum Gasteiger partial charge on any atom is 0.318 e. The molecule has 0 saturated carbocycles. The Morgan fingerprint density at radius 3 is 2.69 bits per heavy atom. The van der Waals surface area contributed by atoms with E-state index in [9.17, 15) is 9.59 Å². The van der Waals surface area contributed by atoms with Crippen LogP contribution in [-0.2, 0) is 4.79 Å². The lowest BCUT2D eigenvalue weighted by Crippen LogP contribution is -2.35. The number of amides is 3. The lowest BCUT2D eigenvalue weighted by atomic mass is 10.4. The molecule has 0 aromatic rings.